The molecule has 1 aliphatic carbocycles. The standard InChI is InChI=1S/C23H22ClF2N5.C2H6/c1-13(2)23(25,26)16-6-4-5-15(9-16)11-28-20-17-10-18(22(12-27)7-8-22)19(24)31-21(17)30-14(3)29-20;1-2/h4-6,9-10,13H,7-8,11H2,1-3H3,(H,28,29,30,31);1-2H3. The summed E-state index contributed by atoms with van der Waals surface area (Å²) < 4.78 is 28.9. The topological polar surface area (TPSA) is 74.5 Å². The first-order valence-corrected chi connectivity index (χ1v) is 11.5. The molecule has 0 aliphatic heterocycles. The molecule has 174 valence electrons. The molecule has 8 heteroatoms. The van der Waals surface area contributed by atoms with E-state index in [2.05, 4.69) is 26.3 Å². The zero-order valence-corrected chi connectivity index (χ0v) is 20.3. The number of benzene rings is 1. The summed E-state index contributed by atoms with van der Waals surface area (Å²) in [5.74, 6) is -2.66. The maximum Gasteiger partial charge on any atom is 0.275 e. The van der Waals surface area contributed by atoms with Gasteiger partial charge in [0.2, 0.25) is 0 Å². The summed E-state index contributed by atoms with van der Waals surface area (Å²) >= 11 is 6.36. The molecule has 2 heterocycles. The molecule has 1 N–H and O–H groups in total. The van der Waals surface area contributed by atoms with Gasteiger partial charge in [0.05, 0.1) is 16.9 Å². The van der Waals surface area contributed by atoms with Crippen molar-refractivity contribution in [2.45, 2.75) is 65.3 Å². The molecular weight excluding hydrogens is 444 g/mol. The van der Waals surface area contributed by atoms with Gasteiger partial charge in [-0.25, -0.2) is 23.7 Å². The lowest BCUT2D eigenvalue weighted by molar-refractivity contribution is -0.0514. The van der Waals surface area contributed by atoms with Crippen LogP contribution in [0.3, 0.4) is 0 Å². The van der Waals surface area contributed by atoms with E-state index in [1.807, 2.05) is 19.9 Å². The van der Waals surface area contributed by atoms with Crippen molar-refractivity contribution in [3.05, 3.63) is 58.0 Å². The molecule has 0 unspecified atom stereocenters. The van der Waals surface area contributed by atoms with E-state index in [0.29, 0.717) is 40.3 Å². The SMILES string of the molecule is CC.Cc1nc(NCc2cccc(C(F)(F)C(C)C)c2)c2cc(C3(C#N)CC3)c(Cl)nc2n1. The monoisotopic (exact) mass is 471 g/mol. The first-order chi connectivity index (χ1) is 15.7. The summed E-state index contributed by atoms with van der Waals surface area (Å²) in [5, 5.41) is 13.7. The minimum Gasteiger partial charge on any atom is -0.365 e. The predicted octanol–water partition coefficient (Wildman–Crippen LogP) is 6.93. The first-order valence-electron chi connectivity index (χ1n) is 11.1. The third-order valence-corrected chi connectivity index (χ3v) is 6.02. The number of halogens is 3. The molecule has 33 heavy (non-hydrogen) atoms. The van der Waals surface area contributed by atoms with Crippen molar-refractivity contribution in [1.29, 1.82) is 5.26 Å². The number of nitrogens with one attached hydrogen (secondary N) is 1. The number of alkyl halides is 2. The largest absolute Gasteiger partial charge is 0.365 e. The van der Waals surface area contributed by atoms with Crippen LogP contribution >= 0.6 is 11.6 Å². The number of hydrogen-bond donors (Lipinski definition) is 1. The van der Waals surface area contributed by atoms with Gasteiger partial charge in [-0.1, -0.05) is 57.5 Å². The quantitative estimate of drug-likeness (QED) is 0.394. The highest BCUT2D eigenvalue weighted by Gasteiger charge is 2.47. The van der Waals surface area contributed by atoms with Crippen molar-refractivity contribution in [2.24, 2.45) is 5.92 Å². The van der Waals surface area contributed by atoms with Crippen LogP contribution in [0, 0.1) is 24.2 Å². The molecule has 2 aromatic heterocycles. The van der Waals surface area contributed by atoms with Crippen LogP contribution in [0.25, 0.3) is 11.0 Å². The third-order valence-electron chi connectivity index (χ3n) is 5.73. The molecule has 0 spiro atoms. The summed E-state index contributed by atoms with van der Waals surface area (Å²) in [6, 6.07) is 10.5. The fourth-order valence-corrected chi connectivity index (χ4v) is 3.90. The summed E-state index contributed by atoms with van der Waals surface area (Å²) in [5.41, 5.74) is 1.21. The van der Waals surface area contributed by atoms with E-state index in [4.69, 9.17) is 11.6 Å². The molecule has 1 aromatic carbocycles. The van der Waals surface area contributed by atoms with Gasteiger partial charge in [0, 0.05) is 23.6 Å². The lowest BCUT2D eigenvalue weighted by Crippen LogP contribution is -2.21. The Hall–Kier alpha value is -2.85. The Balaban J connectivity index is 0.00000149. The number of aryl methyl sites for hydroxylation is 1. The van der Waals surface area contributed by atoms with Gasteiger partial charge in [0.25, 0.3) is 5.92 Å². The number of hydrogen-bond acceptors (Lipinski definition) is 5. The molecule has 5 nitrogen and oxygen atoms in total. The number of nitriles is 1. The summed E-state index contributed by atoms with van der Waals surface area (Å²) in [6.45, 7) is 9.05. The van der Waals surface area contributed by atoms with E-state index in [0.717, 1.165) is 12.8 Å². The van der Waals surface area contributed by atoms with Gasteiger partial charge in [0.1, 0.15) is 16.8 Å². The van der Waals surface area contributed by atoms with E-state index >= 15 is 0 Å². The number of rotatable bonds is 6. The lowest BCUT2D eigenvalue weighted by Gasteiger charge is -2.21. The fourth-order valence-electron chi connectivity index (χ4n) is 3.59. The number of anilines is 1. The first kappa shape index (κ1) is 24.8. The molecule has 3 aromatic rings. The molecule has 1 aliphatic rings. The number of aromatic nitrogens is 3. The van der Waals surface area contributed by atoms with Gasteiger partial charge in [-0.2, -0.15) is 5.26 Å². The summed E-state index contributed by atoms with van der Waals surface area (Å²) in [6.07, 6.45) is 1.48. The number of pyridine rings is 1. The van der Waals surface area contributed by atoms with Gasteiger partial charge >= 0.3 is 0 Å². The van der Waals surface area contributed by atoms with Crippen LogP contribution in [0.2, 0.25) is 5.15 Å². The molecule has 0 radical (unpaired) electrons. The summed E-state index contributed by atoms with van der Waals surface area (Å²) in [7, 11) is 0. The second kappa shape index (κ2) is 9.56. The van der Waals surface area contributed by atoms with Crippen molar-refractivity contribution in [2.75, 3.05) is 5.32 Å². The highest BCUT2D eigenvalue weighted by atomic mass is 35.5. The normalized spacial score (nSPS) is 14.4. The van der Waals surface area contributed by atoms with Crippen molar-refractivity contribution in [3.8, 4) is 6.07 Å². The summed E-state index contributed by atoms with van der Waals surface area (Å²) in [4.78, 5) is 13.2. The number of nitrogens with zero attached hydrogens (tertiary/aromatic N) is 4. The van der Waals surface area contributed by atoms with E-state index in [1.54, 1.807) is 19.1 Å². The minimum absolute atomic E-state index is 0.00837. The Morgan fingerprint density at radius 1 is 1.18 bits per heavy atom. The van der Waals surface area contributed by atoms with Crippen LogP contribution in [0.4, 0.5) is 14.6 Å². The Labute approximate surface area is 198 Å². The van der Waals surface area contributed by atoms with E-state index < -0.39 is 17.3 Å². The number of fused-ring (bicyclic) bond motifs is 1. The van der Waals surface area contributed by atoms with E-state index in [9.17, 15) is 14.0 Å². The molecule has 1 fully saturated rings. The Morgan fingerprint density at radius 3 is 2.48 bits per heavy atom. The molecule has 0 saturated heterocycles. The van der Waals surface area contributed by atoms with Crippen molar-refractivity contribution >= 4 is 28.5 Å². The van der Waals surface area contributed by atoms with Crippen LogP contribution < -0.4 is 5.32 Å². The Bertz CT molecular complexity index is 1200. The van der Waals surface area contributed by atoms with Gasteiger partial charge < -0.3 is 5.32 Å². The van der Waals surface area contributed by atoms with Crippen molar-refractivity contribution < 1.29 is 8.78 Å². The molecule has 1 saturated carbocycles. The zero-order chi connectivity index (χ0) is 24.4. The molecule has 0 amide bonds. The highest BCUT2D eigenvalue weighted by molar-refractivity contribution is 6.30. The van der Waals surface area contributed by atoms with Gasteiger partial charge in [-0.3, -0.25) is 0 Å². The van der Waals surface area contributed by atoms with Gasteiger partial charge in [0.15, 0.2) is 5.65 Å². The van der Waals surface area contributed by atoms with Crippen LogP contribution in [0.15, 0.2) is 30.3 Å². The average Bonchev–Trinajstić information content (AvgIpc) is 3.59. The molecule has 0 atom stereocenters. The lowest BCUT2D eigenvalue weighted by atomic mass is 9.96. The fraction of sp³-hybridized carbons (Fsp3) is 0.440. The smallest absolute Gasteiger partial charge is 0.275 e. The highest BCUT2D eigenvalue weighted by Crippen LogP contribution is 2.50. The van der Waals surface area contributed by atoms with E-state index in [1.165, 1.54) is 26.0 Å². The van der Waals surface area contributed by atoms with Gasteiger partial charge in [-0.15, -0.1) is 0 Å². The second-order valence-electron chi connectivity index (χ2n) is 8.34. The predicted molar refractivity (Wildman–Crippen MR) is 127 cm³/mol. The Morgan fingerprint density at radius 2 is 1.88 bits per heavy atom. The van der Waals surface area contributed by atoms with Gasteiger partial charge in [-0.05, 0) is 37.5 Å². The van der Waals surface area contributed by atoms with Crippen molar-refractivity contribution in [3.63, 3.8) is 0 Å². The molecular formula is C25H28ClF2N5. The van der Waals surface area contributed by atoms with Crippen LogP contribution in [0.1, 0.15) is 63.1 Å². The maximum atomic E-state index is 14.4. The minimum atomic E-state index is -2.90. The van der Waals surface area contributed by atoms with Crippen LogP contribution in [0.5, 0.6) is 0 Å². The van der Waals surface area contributed by atoms with Crippen LogP contribution in [-0.2, 0) is 17.9 Å². The Kier molecular flexibility index (Phi) is 7.18. The van der Waals surface area contributed by atoms with Crippen molar-refractivity contribution in [1.82, 2.24) is 15.0 Å². The van der Waals surface area contributed by atoms with E-state index in [-0.39, 0.29) is 10.7 Å². The second-order valence-corrected chi connectivity index (χ2v) is 8.70. The maximum absolute atomic E-state index is 14.4. The molecule has 4 rings (SSSR count). The average molecular weight is 472 g/mol. The third kappa shape index (κ3) is 4.91. The molecule has 0 bridgehead atoms. The van der Waals surface area contributed by atoms with Crippen LogP contribution in [-0.4, -0.2) is 15.0 Å². The zero-order valence-electron chi connectivity index (χ0n) is 19.5.